The van der Waals surface area contributed by atoms with E-state index in [4.69, 9.17) is 16.3 Å². The highest BCUT2D eigenvalue weighted by Crippen LogP contribution is 2.33. The van der Waals surface area contributed by atoms with E-state index < -0.39 is 0 Å². The SMILES string of the molecule is CCOc1ccc(C(NC)c2cccc(Cl)c2C)cc1Br. The van der Waals surface area contributed by atoms with Crippen molar-refractivity contribution in [3.63, 3.8) is 0 Å². The summed E-state index contributed by atoms with van der Waals surface area (Å²) in [5.74, 6) is 0.860. The molecule has 4 heteroatoms. The molecule has 2 aromatic carbocycles. The van der Waals surface area contributed by atoms with Crippen molar-refractivity contribution in [2.45, 2.75) is 19.9 Å². The minimum Gasteiger partial charge on any atom is -0.493 e. The van der Waals surface area contributed by atoms with Gasteiger partial charge in [-0.3, -0.25) is 0 Å². The number of hydrogen-bond donors (Lipinski definition) is 1. The van der Waals surface area contributed by atoms with Gasteiger partial charge in [-0.2, -0.15) is 0 Å². The van der Waals surface area contributed by atoms with E-state index in [0.29, 0.717) is 6.61 Å². The quantitative estimate of drug-likeness (QED) is 0.791. The van der Waals surface area contributed by atoms with Crippen molar-refractivity contribution < 1.29 is 4.74 Å². The van der Waals surface area contributed by atoms with Gasteiger partial charge in [-0.1, -0.05) is 29.8 Å². The van der Waals surface area contributed by atoms with Gasteiger partial charge in [0, 0.05) is 5.02 Å². The zero-order valence-electron chi connectivity index (χ0n) is 12.4. The van der Waals surface area contributed by atoms with Crippen molar-refractivity contribution in [1.29, 1.82) is 0 Å². The van der Waals surface area contributed by atoms with Crippen molar-refractivity contribution in [2.75, 3.05) is 13.7 Å². The predicted octanol–water partition coefficient (Wildman–Crippen LogP) is 5.12. The molecule has 112 valence electrons. The topological polar surface area (TPSA) is 21.3 Å². The summed E-state index contributed by atoms with van der Waals surface area (Å²) in [7, 11) is 1.95. The lowest BCUT2D eigenvalue weighted by Crippen LogP contribution is -2.18. The van der Waals surface area contributed by atoms with Gasteiger partial charge >= 0.3 is 0 Å². The maximum absolute atomic E-state index is 6.24. The number of halogens is 2. The van der Waals surface area contributed by atoms with Gasteiger partial charge in [0.05, 0.1) is 17.1 Å². The monoisotopic (exact) mass is 367 g/mol. The van der Waals surface area contributed by atoms with Gasteiger partial charge in [0.15, 0.2) is 0 Å². The molecule has 0 spiro atoms. The Hall–Kier alpha value is -1.03. The first kappa shape index (κ1) is 16.3. The maximum atomic E-state index is 6.24. The molecule has 0 amide bonds. The highest BCUT2D eigenvalue weighted by Gasteiger charge is 2.16. The first-order valence-corrected chi connectivity index (χ1v) is 8.10. The zero-order valence-corrected chi connectivity index (χ0v) is 14.8. The van der Waals surface area contributed by atoms with Gasteiger partial charge in [0.25, 0.3) is 0 Å². The normalized spacial score (nSPS) is 12.2. The zero-order chi connectivity index (χ0) is 15.4. The summed E-state index contributed by atoms with van der Waals surface area (Å²) in [5, 5.41) is 4.15. The number of hydrogen-bond acceptors (Lipinski definition) is 2. The lowest BCUT2D eigenvalue weighted by Gasteiger charge is -2.21. The van der Waals surface area contributed by atoms with Crippen molar-refractivity contribution in [3.05, 3.63) is 62.6 Å². The predicted molar refractivity (Wildman–Crippen MR) is 92.4 cm³/mol. The van der Waals surface area contributed by atoms with Crippen LogP contribution >= 0.6 is 27.5 Å². The second kappa shape index (κ2) is 7.30. The van der Waals surface area contributed by atoms with Gasteiger partial charge in [0.1, 0.15) is 5.75 Å². The lowest BCUT2D eigenvalue weighted by molar-refractivity contribution is 0.338. The van der Waals surface area contributed by atoms with Crippen molar-refractivity contribution in [2.24, 2.45) is 0 Å². The van der Waals surface area contributed by atoms with E-state index in [2.05, 4.69) is 39.4 Å². The van der Waals surface area contributed by atoms with E-state index >= 15 is 0 Å². The number of ether oxygens (including phenoxy) is 1. The molecule has 0 aliphatic carbocycles. The van der Waals surface area contributed by atoms with Crippen LogP contribution in [0, 0.1) is 6.92 Å². The molecule has 0 fully saturated rings. The molecule has 0 saturated carbocycles. The van der Waals surface area contributed by atoms with Gasteiger partial charge in [0.2, 0.25) is 0 Å². The molecule has 1 atom stereocenters. The van der Waals surface area contributed by atoms with Crippen molar-refractivity contribution in [1.82, 2.24) is 5.32 Å². The summed E-state index contributed by atoms with van der Waals surface area (Å²) in [6, 6.07) is 12.3. The Bertz CT molecular complexity index is 630. The Balaban J connectivity index is 2.42. The molecule has 0 bridgehead atoms. The Morgan fingerprint density at radius 2 is 2.05 bits per heavy atom. The minimum atomic E-state index is 0.0932. The van der Waals surface area contributed by atoms with Gasteiger partial charge in [-0.15, -0.1) is 0 Å². The van der Waals surface area contributed by atoms with Crippen molar-refractivity contribution >= 4 is 27.5 Å². The smallest absolute Gasteiger partial charge is 0.133 e. The number of benzene rings is 2. The molecule has 0 heterocycles. The highest BCUT2D eigenvalue weighted by atomic mass is 79.9. The summed E-state index contributed by atoms with van der Waals surface area (Å²) in [6.45, 7) is 4.68. The van der Waals surface area contributed by atoms with E-state index in [-0.39, 0.29) is 6.04 Å². The van der Waals surface area contributed by atoms with Gasteiger partial charge < -0.3 is 10.1 Å². The second-order valence-electron chi connectivity index (χ2n) is 4.80. The lowest BCUT2D eigenvalue weighted by atomic mass is 9.95. The molecule has 2 aromatic rings. The number of nitrogens with one attached hydrogen (secondary N) is 1. The molecule has 0 aliphatic rings. The van der Waals surface area contributed by atoms with Crippen molar-refractivity contribution in [3.8, 4) is 5.75 Å². The van der Waals surface area contributed by atoms with E-state index in [9.17, 15) is 0 Å². The van der Waals surface area contributed by atoms with Crippen LogP contribution in [0.1, 0.15) is 29.7 Å². The van der Waals surface area contributed by atoms with Crippen LogP contribution < -0.4 is 10.1 Å². The second-order valence-corrected chi connectivity index (χ2v) is 6.06. The Labute approximate surface area is 139 Å². The highest BCUT2D eigenvalue weighted by molar-refractivity contribution is 9.10. The summed E-state index contributed by atoms with van der Waals surface area (Å²) in [4.78, 5) is 0. The van der Waals surface area contributed by atoms with Crippen LogP contribution in [0.5, 0.6) is 5.75 Å². The molecule has 0 radical (unpaired) electrons. The van der Waals surface area contributed by atoms with Gasteiger partial charge in [-0.05, 0) is 71.7 Å². The third kappa shape index (κ3) is 3.60. The van der Waals surface area contributed by atoms with Crippen LogP contribution in [-0.2, 0) is 0 Å². The van der Waals surface area contributed by atoms with Crippen LogP contribution in [0.3, 0.4) is 0 Å². The fourth-order valence-corrected chi connectivity index (χ4v) is 3.10. The molecular weight excluding hydrogens is 350 g/mol. The number of rotatable bonds is 5. The Morgan fingerprint density at radius 3 is 2.67 bits per heavy atom. The summed E-state index contributed by atoms with van der Waals surface area (Å²) in [5.41, 5.74) is 3.45. The van der Waals surface area contributed by atoms with E-state index in [1.165, 1.54) is 5.56 Å². The largest absolute Gasteiger partial charge is 0.493 e. The van der Waals surface area contributed by atoms with Crippen LogP contribution in [0.4, 0.5) is 0 Å². The fraction of sp³-hybridized carbons (Fsp3) is 0.294. The van der Waals surface area contributed by atoms with E-state index in [1.54, 1.807) is 0 Å². The molecular formula is C17H19BrClNO. The molecule has 1 N–H and O–H groups in total. The molecule has 2 nitrogen and oxygen atoms in total. The van der Waals surface area contributed by atoms with E-state index in [1.807, 2.05) is 39.1 Å². The maximum Gasteiger partial charge on any atom is 0.133 e. The van der Waals surface area contributed by atoms with Gasteiger partial charge in [-0.25, -0.2) is 0 Å². The fourth-order valence-electron chi connectivity index (χ4n) is 2.41. The standard InChI is InChI=1S/C17H19BrClNO/c1-4-21-16-9-8-12(10-14(16)18)17(20-3)13-6-5-7-15(19)11(13)2/h5-10,17,20H,4H2,1-3H3. The molecule has 0 saturated heterocycles. The third-order valence-corrected chi connectivity index (χ3v) is 4.53. The summed E-state index contributed by atoms with van der Waals surface area (Å²) < 4.78 is 6.53. The molecule has 0 aromatic heterocycles. The molecule has 2 rings (SSSR count). The third-order valence-electron chi connectivity index (χ3n) is 3.50. The Morgan fingerprint density at radius 1 is 1.29 bits per heavy atom. The molecule has 0 aliphatic heterocycles. The van der Waals surface area contributed by atoms with E-state index in [0.717, 1.165) is 26.4 Å². The molecule has 1 unspecified atom stereocenters. The van der Waals surface area contributed by atoms with Crippen LogP contribution in [0.2, 0.25) is 5.02 Å². The Kier molecular flexibility index (Phi) is 5.68. The first-order valence-electron chi connectivity index (χ1n) is 6.93. The van der Waals surface area contributed by atoms with Crippen LogP contribution in [0.25, 0.3) is 0 Å². The summed E-state index contributed by atoms with van der Waals surface area (Å²) in [6.07, 6.45) is 0. The minimum absolute atomic E-state index is 0.0932. The first-order chi connectivity index (χ1) is 10.1. The van der Waals surface area contributed by atoms with Crippen LogP contribution in [-0.4, -0.2) is 13.7 Å². The summed E-state index contributed by atoms with van der Waals surface area (Å²) >= 11 is 9.82. The average molecular weight is 369 g/mol. The molecule has 21 heavy (non-hydrogen) atoms. The average Bonchev–Trinajstić information content (AvgIpc) is 2.47. The van der Waals surface area contributed by atoms with Crippen LogP contribution in [0.15, 0.2) is 40.9 Å².